The zero-order valence-corrected chi connectivity index (χ0v) is 8.60. The fourth-order valence-corrected chi connectivity index (χ4v) is 2.80. The number of nitrogens with two attached hydrogens (primary N) is 1. The standard InChI is InChI=1S/C10H18F2N2/c1-14-6-4-9(5-7-14)2-3-10(11,12)8(9)13/h8H,2-7,13H2,1H3/t8-/m1/s1. The average Bonchev–Trinajstić information content (AvgIpc) is 2.36. The van der Waals surface area contributed by atoms with Crippen LogP contribution in [0.2, 0.25) is 0 Å². The number of hydrogen-bond donors (Lipinski definition) is 1. The predicted octanol–water partition coefficient (Wildman–Crippen LogP) is 1.45. The first-order valence-corrected chi connectivity index (χ1v) is 5.28. The summed E-state index contributed by atoms with van der Waals surface area (Å²) in [6, 6.07) is -0.913. The first-order chi connectivity index (χ1) is 6.46. The van der Waals surface area contributed by atoms with Crippen LogP contribution in [-0.2, 0) is 0 Å². The van der Waals surface area contributed by atoms with Crippen LogP contribution in [0, 0.1) is 5.41 Å². The Morgan fingerprint density at radius 1 is 1.14 bits per heavy atom. The van der Waals surface area contributed by atoms with Crippen LogP contribution in [-0.4, -0.2) is 37.0 Å². The van der Waals surface area contributed by atoms with E-state index in [4.69, 9.17) is 5.73 Å². The van der Waals surface area contributed by atoms with Crippen molar-refractivity contribution in [3.8, 4) is 0 Å². The van der Waals surface area contributed by atoms with E-state index in [0.29, 0.717) is 6.42 Å². The summed E-state index contributed by atoms with van der Waals surface area (Å²) in [4.78, 5) is 2.19. The summed E-state index contributed by atoms with van der Waals surface area (Å²) >= 11 is 0. The van der Waals surface area contributed by atoms with Crippen molar-refractivity contribution in [2.45, 2.75) is 37.6 Å². The zero-order valence-electron chi connectivity index (χ0n) is 8.60. The molecule has 2 fully saturated rings. The Bertz CT molecular complexity index is 222. The van der Waals surface area contributed by atoms with E-state index in [2.05, 4.69) is 4.90 Å². The Balaban J connectivity index is 2.11. The molecular formula is C10H18F2N2. The minimum Gasteiger partial charge on any atom is -0.322 e. The van der Waals surface area contributed by atoms with Crippen LogP contribution >= 0.6 is 0 Å². The molecule has 0 aromatic heterocycles. The van der Waals surface area contributed by atoms with Gasteiger partial charge in [-0.25, -0.2) is 8.78 Å². The van der Waals surface area contributed by atoms with Crippen LogP contribution in [0.1, 0.15) is 25.7 Å². The van der Waals surface area contributed by atoms with Crippen molar-refractivity contribution in [2.75, 3.05) is 20.1 Å². The van der Waals surface area contributed by atoms with Crippen LogP contribution in [0.5, 0.6) is 0 Å². The van der Waals surface area contributed by atoms with E-state index >= 15 is 0 Å². The molecule has 4 heteroatoms. The van der Waals surface area contributed by atoms with Crippen molar-refractivity contribution in [3.05, 3.63) is 0 Å². The van der Waals surface area contributed by atoms with Gasteiger partial charge >= 0.3 is 0 Å². The number of alkyl halides is 2. The molecule has 0 aromatic carbocycles. The van der Waals surface area contributed by atoms with E-state index in [-0.39, 0.29) is 11.8 Å². The molecule has 0 aromatic rings. The van der Waals surface area contributed by atoms with Gasteiger partial charge < -0.3 is 10.6 Å². The van der Waals surface area contributed by atoms with Gasteiger partial charge in [-0.05, 0) is 44.8 Å². The lowest BCUT2D eigenvalue weighted by atomic mass is 9.74. The number of hydrogen-bond acceptors (Lipinski definition) is 2. The molecule has 14 heavy (non-hydrogen) atoms. The number of piperidine rings is 1. The van der Waals surface area contributed by atoms with Crippen molar-refractivity contribution in [1.82, 2.24) is 4.90 Å². The lowest BCUT2D eigenvalue weighted by Gasteiger charge is -2.41. The normalized spacial score (nSPS) is 36.4. The van der Waals surface area contributed by atoms with E-state index in [1.807, 2.05) is 7.05 Å². The van der Waals surface area contributed by atoms with Gasteiger partial charge in [0.1, 0.15) is 0 Å². The Morgan fingerprint density at radius 2 is 1.71 bits per heavy atom. The second kappa shape index (κ2) is 3.14. The maximum atomic E-state index is 13.3. The molecule has 1 saturated heterocycles. The number of halogens is 2. The van der Waals surface area contributed by atoms with Crippen LogP contribution in [0.15, 0.2) is 0 Å². The fraction of sp³-hybridized carbons (Fsp3) is 1.00. The lowest BCUT2D eigenvalue weighted by molar-refractivity contribution is -0.0337. The van der Waals surface area contributed by atoms with Crippen LogP contribution in [0.25, 0.3) is 0 Å². The molecule has 1 aliphatic heterocycles. The third-order valence-electron chi connectivity index (χ3n) is 4.05. The van der Waals surface area contributed by atoms with Gasteiger partial charge in [-0.1, -0.05) is 0 Å². The molecule has 2 aliphatic rings. The first-order valence-electron chi connectivity index (χ1n) is 5.28. The van der Waals surface area contributed by atoms with Gasteiger partial charge in [-0.15, -0.1) is 0 Å². The first kappa shape index (κ1) is 10.3. The van der Waals surface area contributed by atoms with Gasteiger partial charge in [0, 0.05) is 6.42 Å². The van der Waals surface area contributed by atoms with Crippen molar-refractivity contribution in [2.24, 2.45) is 11.1 Å². The molecule has 1 atom stereocenters. The molecule has 0 unspecified atom stereocenters. The van der Waals surface area contributed by atoms with Gasteiger partial charge in [0.05, 0.1) is 6.04 Å². The number of rotatable bonds is 0. The van der Waals surface area contributed by atoms with E-state index in [1.165, 1.54) is 0 Å². The Morgan fingerprint density at radius 3 is 2.14 bits per heavy atom. The van der Waals surface area contributed by atoms with Crippen molar-refractivity contribution < 1.29 is 8.78 Å². The van der Waals surface area contributed by atoms with Crippen LogP contribution < -0.4 is 5.73 Å². The molecule has 1 heterocycles. The maximum Gasteiger partial charge on any atom is 0.263 e. The monoisotopic (exact) mass is 204 g/mol. The topological polar surface area (TPSA) is 29.3 Å². The van der Waals surface area contributed by atoms with Crippen molar-refractivity contribution >= 4 is 0 Å². The van der Waals surface area contributed by atoms with E-state index in [0.717, 1.165) is 25.9 Å². The summed E-state index contributed by atoms with van der Waals surface area (Å²) in [7, 11) is 2.03. The van der Waals surface area contributed by atoms with Gasteiger partial charge in [0.15, 0.2) is 0 Å². The van der Waals surface area contributed by atoms with Gasteiger partial charge in [-0.2, -0.15) is 0 Å². The third-order valence-corrected chi connectivity index (χ3v) is 4.05. The summed E-state index contributed by atoms with van der Waals surface area (Å²) in [5, 5.41) is 0. The molecule has 2 N–H and O–H groups in total. The molecule has 2 rings (SSSR count). The highest BCUT2D eigenvalue weighted by Gasteiger charge is 2.57. The SMILES string of the molecule is CN1CCC2(CC1)CCC(F)(F)[C@@H]2N. The van der Waals surface area contributed by atoms with Gasteiger partial charge in [0.2, 0.25) is 0 Å². The van der Waals surface area contributed by atoms with Crippen LogP contribution in [0.4, 0.5) is 8.78 Å². The fourth-order valence-electron chi connectivity index (χ4n) is 2.80. The van der Waals surface area contributed by atoms with Gasteiger partial charge in [-0.3, -0.25) is 0 Å². The smallest absolute Gasteiger partial charge is 0.263 e. The summed E-state index contributed by atoms with van der Waals surface area (Å²) < 4.78 is 26.7. The largest absolute Gasteiger partial charge is 0.322 e. The number of likely N-dealkylation sites (tertiary alicyclic amines) is 1. The predicted molar refractivity (Wildman–Crippen MR) is 51.3 cm³/mol. The molecule has 1 aliphatic carbocycles. The summed E-state index contributed by atoms with van der Waals surface area (Å²) in [5.41, 5.74) is 5.43. The molecule has 1 saturated carbocycles. The molecular weight excluding hydrogens is 186 g/mol. The minimum atomic E-state index is -2.63. The van der Waals surface area contributed by atoms with Gasteiger partial charge in [0.25, 0.3) is 5.92 Å². The second-order valence-electron chi connectivity index (χ2n) is 4.90. The quantitative estimate of drug-likeness (QED) is 0.647. The lowest BCUT2D eigenvalue weighted by Crippen LogP contribution is -2.51. The molecule has 1 spiro atoms. The molecule has 82 valence electrons. The highest BCUT2D eigenvalue weighted by atomic mass is 19.3. The van der Waals surface area contributed by atoms with E-state index in [1.54, 1.807) is 0 Å². The van der Waals surface area contributed by atoms with Crippen LogP contribution in [0.3, 0.4) is 0 Å². The van der Waals surface area contributed by atoms with E-state index in [9.17, 15) is 8.78 Å². The maximum absolute atomic E-state index is 13.3. The molecule has 0 radical (unpaired) electrons. The Kier molecular flexibility index (Phi) is 2.31. The highest BCUT2D eigenvalue weighted by Crippen LogP contribution is 2.51. The summed E-state index contributed by atoms with van der Waals surface area (Å²) in [5.74, 6) is -2.63. The Hall–Kier alpha value is -0.220. The van der Waals surface area contributed by atoms with Crippen molar-refractivity contribution in [3.63, 3.8) is 0 Å². The highest BCUT2D eigenvalue weighted by molar-refractivity contribution is 5.05. The minimum absolute atomic E-state index is 0.0160. The average molecular weight is 204 g/mol. The molecule has 2 nitrogen and oxygen atoms in total. The Labute approximate surface area is 83.4 Å². The third kappa shape index (κ3) is 1.44. The molecule has 0 amide bonds. The second-order valence-corrected chi connectivity index (χ2v) is 4.90. The van der Waals surface area contributed by atoms with Crippen molar-refractivity contribution in [1.29, 1.82) is 0 Å². The zero-order chi connectivity index (χ0) is 10.4. The molecule has 0 bridgehead atoms. The summed E-state index contributed by atoms with van der Waals surface area (Å²) in [6.07, 6.45) is 2.26. The van der Waals surface area contributed by atoms with E-state index < -0.39 is 12.0 Å². The number of nitrogens with zero attached hydrogens (tertiary/aromatic N) is 1. The summed E-state index contributed by atoms with van der Waals surface area (Å²) in [6.45, 7) is 1.81.